The first-order valence-electron chi connectivity index (χ1n) is 9.80. The smallest absolute Gasteiger partial charge is 0.331 e. The number of carbonyl (C=O) groups is 3. The van der Waals surface area contributed by atoms with Gasteiger partial charge in [0.05, 0.1) is 11.1 Å². The minimum Gasteiger partial charge on any atom is -0.507 e. The molecule has 2 aromatic carbocycles. The van der Waals surface area contributed by atoms with Crippen molar-refractivity contribution >= 4 is 35.2 Å². The maximum absolute atomic E-state index is 13.1. The zero-order chi connectivity index (χ0) is 23.4. The van der Waals surface area contributed by atoms with Gasteiger partial charge in [-0.3, -0.25) is 9.59 Å². The monoisotopic (exact) mass is 452 g/mol. The van der Waals surface area contributed by atoms with Crippen LogP contribution < -0.4 is 0 Å². The zero-order valence-electron chi connectivity index (χ0n) is 17.5. The Bertz CT molecular complexity index is 1170. The number of benzene rings is 2. The van der Waals surface area contributed by atoms with Gasteiger partial charge in [-0.05, 0) is 55.8 Å². The molecule has 0 radical (unpaired) electrons. The second kappa shape index (κ2) is 9.66. The van der Waals surface area contributed by atoms with Crippen LogP contribution >= 0.6 is 11.6 Å². The van der Waals surface area contributed by atoms with E-state index in [4.69, 9.17) is 16.3 Å². The van der Waals surface area contributed by atoms with Gasteiger partial charge in [-0.2, -0.15) is 0 Å². The Morgan fingerprint density at radius 3 is 2.28 bits per heavy atom. The predicted octanol–water partition coefficient (Wildman–Crippen LogP) is 5.04. The number of ether oxygens (including phenoxy) is 1. The van der Waals surface area contributed by atoms with Crippen molar-refractivity contribution < 1.29 is 29.3 Å². The number of allylic oxidation sites excluding steroid dienone is 2. The highest BCUT2D eigenvalue weighted by atomic mass is 35.5. The third-order valence-corrected chi connectivity index (χ3v) is 5.06. The summed E-state index contributed by atoms with van der Waals surface area (Å²) in [5, 5.41) is 20.7. The SMILES string of the molecule is CC(C)=CCC(OC(=O)/C=C/c1ccc(Cl)cc1)C1=CC(=O)c2c(O)ccc(O)c2C1=O. The number of hydrogen-bond donors (Lipinski definition) is 2. The highest BCUT2D eigenvalue weighted by Crippen LogP contribution is 2.36. The van der Waals surface area contributed by atoms with Gasteiger partial charge >= 0.3 is 5.97 Å². The standard InChI is InChI=1S/C25H21ClO6/c1-14(2)3-11-21(32-22(30)12-6-15-4-7-16(26)8-5-15)17-13-20(29)23-18(27)9-10-19(28)24(23)25(17)31/h3-10,12-13,21,27-28H,11H2,1-2H3/b12-6+. The molecule has 164 valence electrons. The van der Waals surface area contributed by atoms with Gasteiger partial charge in [0.1, 0.15) is 17.6 Å². The van der Waals surface area contributed by atoms with Crippen molar-refractivity contribution in [2.75, 3.05) is 0 Å². The van der Waals surface area contributed by atoms with E-state index in [2.05, 4.69) is 0 Å². The first-order valence-corrected chi connectivity index (χ1v) is 10.2. The van der Waals surface area contributed by atoms with Crippen molar-refractivity contribution in [1.82, 2.24) is 0 Å². The number of ketones is 2. The second-order valence-corrected chi connectivity index (χ2v) is 7.91. The second-order valence-electron chi connectivity index (χ2n) is 7.47. The van der Waals surface area contributed by atoms with Crippen molar-refractivity contribution in [3.05, 3.63) is 87.5 Å². The lowest BCUT2D eigenvalue weighted by atomic mass is 9.85. The summed E-state index contributed by atoms with van der Waals surface area (Å²) in [6, 6.07) is 9.09. The van der Waals surface area contributed by atoms with Gasteiger partial charge in [0.2, 0.25) is 0 Å². The van der Waals surface area contributed by atoms with Gasteiger partial charge in [-0.15, -0.1) is 0 Å². The summed E-state index contributed by atoms with van der Waals surface area (Å²) < 4.78 is 5.51. The molecule has 0 aromatic heterocycles. The third-order valence-electron chi connectivity index (χ3n) is 4.81. The van der Waals surface area contributed by atoms with Gasteiger partial charge < -0.3 is 14.9 Å². The lowest BCUT2D eigenvalue weighted by molar-refractivity contribution is -0.140. The molecule has 0 aliphatic heterocycles. The number of fused-ring (bicyclic) bond motifs is 1. The molecule has 0 amide bonds. The average molecular weight is 453 g/mol. The molecule has 1 aliphatic carbocycles. The normalized spacial score (nSPS) is 14.0. The van der Waals surface area contributed by atoms with E-state index in [0.29, 0.717) is 5.02 Å². The molecule has 0 saturated heterocycles. The third kappa shape index (κ3) is 5.15. The van der Waals surface area contributed by atoms with Crippen molar-refractivity contribution in [3.63, 3.8) is 0 Å². The Morgan fingerprint density at radius 1 is 1.03 bits per heavy atom. The van der Waals surface area contributed by atoms with Gasteiger partial charge in [-0.25, -0.2) is 4.79 Å². The van der Waals surface area contributed by atoms with Crippen LogP contribution in [0.5, 0.6) is 11.5 Å². The van der Waals surface area contributed by atoms with Gasteiger partial charge in [-0.1, -0.05) is 35.4 Å². The number of Topliss-reactive ketones (excluding diaryl/α,β-unsaturated/α-hetero) is 1. The van der Waals surface area contributed by atoms with Crippen LogP contribution in [0.1, 0.15) is 46.5 Å². The molecule has 1 unspecified atom stereocenters. The predicted molar refractivity (Wildman–Crippen MR) is 121 cm³/mol. The number of phenolic OH excluding ortho intramolecular Hbond substituents is 2. The Balaban J connectivity index is 1.90. The van der Waals surface area contributed by atoms with Crippen molar-refractivity contribution in [3.8, 4) is 11.5 Å². The average Bonchev–Trinajstić information content (AvgIpc) is 2.75. The molecule has 0 saturated carbocycles. The van der Waals surface area contributed by atoms with Gasteiger partial charge in [0.15, 0.2) is 11.6 Å². The number of hydrogen-bond acceptors (Lipinski definition) is 6. The fraction of sp³-hybridized carbons (Fsp3) is 0.160. The zero-order valence-corrected chi connectivity index (χ0v) is 18.2. The molecule has 0 fully saturated rings. The Hall–Kier alpha value is -3.64. The molecule has 0 bridgehead atoms. The molecule has 2 aromatic rings. The topological polar surface area (TPSA) is 101 Å². The van der Waals surface area contributed by atoms with Gasteiger partial charge in [0, 0.05) is 23.1 Å². The first kappa shape index (κ1) is 23.0. The summed E-state index contributed by atoms with van der Waals surface area (Å²) in [7, 11) is 0. The highest BCUT2D eigenvalue weighted by molar-refractivity contribution is 6.30. The number of esters is 1. The van der Waals surface area contributed by atoms with E-state index in [9.17, 15) is 24.6 Å². The number of carbonyl (C=O) groups excluding carboxylic acids is 3. The molecule has 6 nitrogen and oxygen atoms in total. The summed E-state index contributed by atoms with van der Waals surface area (Å²) >= 11 is 5.85. The van der Waals surface area contributed by atoms with Crippen LogP contribution in [-0.2, 0) is 9.53 Å². The van der Waals surface area contributed by atoms with E-state index >= 15 is 0 Å². The molecule has 7 heteroatoms. The number of aromatic hydroxyl groups is 2. The Kier molecular flexibility index (Phi) is 6.95. The lowest BCUT2D eigenvalue weighted by Crippen LogP contribution is -2.28. The van der Waals surface area contributed by atoms with Crippen LogP contribution in [-0.4, -0.2) is 33.9 Å². The van der Waals surface area contributed by atoms with Crippen molar-refractivity contribution in [1.29, 1.82) is 0 Å². The number of rotatable bonds is 6. The van der Waals surface area contributed by atoms with Crippen molar-refractivity contribution in [2.24, 2.45) is 0 Å². The van der Waals surface area contributed by atoms with Crippen LogP contribution in [0, 0.1) is 0 Å². The number of phenols is 2. The Labute approximate surface area is 190 Å². The summed E-state index contributed by atoms with van der Waals surface area (Å²) in [6.07, 6.45) is 4.67. The summed E-state index contributed by atoms with van der Waals surface area (Å²) in [5.74, 6) is -2.89. The van der Waals surface area contributed by atoms with E-state index in [1.807, 2.05) is 13.8 Å². The van der Waals surface area contributed by atoms with Crippen LogP contribution in [0.15, 0.2) is 65.8 Å². The summed E-state index contributed by atoms with van der Waals surface area (Å²) in [4.78, 5) is 38.1. The van der Waals surface area contributed by atoms with E-state index in [0.717, 1.165) is 29.3 Å². The minimum atomic E-state index is -1.06. The molecule has 0 spiro atoms. The van der Waals surface area contributed by atoms with Crippen molar-refractivity contribution in [2.45, 2.75) is 26.4 Å². The van der Waals surface area contributed by atoms with Gasteiger partial charge in [0.25, 0.3) is 0 Å². The molecule has 1 aliphatic rings. The first-order chi connectivity index (χ1) is 15.2. The van der Waals surface area contributed by atoms with Crippen LogP contribution in [0.4, 0.5) is 0 Å². The Morgan fingerprint density at radius 2 is 1.66 bits per heavy atom. The molecular weight excluding hydrogens is 432 g/mol. The van der Waals surface area contributed by atoms with Crippen LogP contribution in [0.2, 0.25) is 5.02 Å². The largest absolute Gasteiger partial charge is 0.507 e. The molecule has 3 rings (SSSR count). The highest BCUT2D eigenvalue weighted by Gasteiger charge is 2.35. The molecule has 1 atom stereocenters. The van der Waals surface area contributed by atoms with Crippen LogP contribution in [0.3, 0.4) is 0 Å². The molecule has 0 heterocycles. The fourth-order valence-electron chi connectivity index (χ4n) is 3.22. The maximum Gasteiger partial charge on any atom is 0.331 e. The van der Waals surface area contributed by atoms with E-state index in [1.165, 1.54) is 12.2 Å². The van der Waals surface area contributed by atoms with E-state index in [-0.39, 0.29) is 23.1 Å². The lowest BCUT2D eigenvalue weighted by Gasteiger charge is -2.23. The summed E-state index contributed by atoms with van der Waals surface area (Å²) in [5.41, 5.74) is 1.01. The molecular formula is C25H21ClO6. The quantitative estimate of drug-likeness (QED) is 0.275. The fourth-order valence-corrected chi connectivity index (χ4v) is 3.35. The minimum absolute atomic E-state index is 0.0749. The summed E-state index contributed by atoms with van der Waals surface area (Å²) in [6.45, 7) is 3.70. The van der Waals surface area contributed by atoms with E-state index in [1.54, 1.807) is 30.3 Å². The van der Waals surface area contributed by atoms with E-state index < -0.39 is 35.1 Å². The maximum atomic E-state index is 13.1. The van der Waals surface area contributed by atoms with Crippen LogP contribution in [0.25, 0.3) is 6.08 Å². The number of halogens is 1. The molecule has 2 N–H and O–H groups in total. The molecule has 32 heavy (non-hydrogen) atoms.